The molecule has 0 aromatic heterocycles. The fourth-order valence-corrected chi connectivity index (χ4v) is 1.66. The van der Waals surface area contributed by atoms with Gasteiger partial charge in [0.15, 0.2) is 0 Å². The van der Waals surface area contributed by atoms with Gasteiger partial charge in [-0.3, -0.25) is 14.4 Å². The number of nitrogens with one attached hydrogen (secondary N) is 2. The summed E-state index contributed by atoms with van der Waals surface area (Å²) in [6.45, 7) is 5.67. The molecule has 0 fully saturated rings. The lowest BCUT2D eigenvalue weighted by molar-refractivity contribution is -0.123. The monoisotopic (exact) mass is 306 g/mol. The summed E-state index contributed by atoms with van der Waals surface area (Å²) in [7, 11) is 0. The number of hydrogen-bond donors (Lipinski definition) is 4. The van der Waals surface area contributed by atoms with Crippen LogP contribution in [0.2, 0.25) is 0 Å². The molecule has 22 heavy (non-hydrogen) atoms. The first-order valence-electron chi connectivity index (χ1n) is 6.86. The third-order valence-corrected chi connectivity index (χ3v) is 2.66. The summed E-state index contributed by atoms with van der Waals surface area (Å²) in [4.78, 5) is 34.4. The second kappa shape index (κ2) is 7.04. The molecule has 1 unspecified atom stereocenters. The Hall–Kier alpha value is -2.41. The number of nitrogens with two attached hydrogens (primary N) is 2. The Morgan fingerprint density at radius 3 is 2.14 bits per heavy atom. The van der Waals surface area contributed by atoms with E-state index in [9.17, 15) is 14.4 Å². The molecule has 0 aliphatic rings. The molecule has 0 saturated carbocycles. The van der Waals surface area contributed by atoms with E-state index >= 15 is 0 Å². The maximum Gasteiger partial charge on any atom is 0.251 e. The van der Waals surface area contributed by atoms with Crippen LogP contribution in [0.4, 0.5) is 5.69 Å². The van der Waals surface area contributed by atoms with E-state index in [1.165, 1.54) is 0 Å². The Morgan fingerprint density at radius 2 is 1.68 bits per heavy atom. The molecule has 0 bridgehead atoms. The summed E-state index contributed by atoms with van der Waals surface area (Å²) >= 11 is 0. The van der Waals surface area contributed by atoms with Crippen LogP contribution in [0.15, 0.2) is 24.3 Å². The van der Waals surface area contributed by atoms with E-state index < -0.39 is 17.9 Å². The van der Waals surface area contributed by atoms with Gasteiger partial charge in [-0.1, -0.05) is 0 Å². The average molecular weight is 306 g/mol. The van der Waals surface area contributed by atoms with E-state index in [0.717, 1.165) is 0 Å². The molecule has 6 N–H and O–H groups in total. The lowest BCUT2D eigenvalue weighted by atomic mass is 10.1. The topological polar surface area (TPSA) is 127 Å². The first-order chi connectivity index (χ1) is 10.1. The smallest absolute Gasteiger partial charge is 0.251 e. The highest BCUT2D eigenvalue weighted by atomic mass is 16.2. The molecule has 7 heteroatoms. The number of carbonyl (C=O) groups is 3. The van der Waals surface area contributed by atoms with Crippen LogP contribution in [0.5, 0.6) is 0 Å². The molecule has 1 atom stereocenters. The van der Waals surface area contributed by atoms with Crippen molar-refractivity contribution in [2.45, 2.75) is 38.8 Å². The molecular weight excluding hydrogens is 284 g/mol. The van der Waals surface area contributed by atoms with Gasteiger partial charge in [0, 0.05) is 16.8 Å². The first-order valence-corrected chi connectivity index (χ1v) is 6.86. The Balaban J connectivity index is 2.67. The van der Waals surface area contributed by atoms with Gasteiger partial charge in [-0.05, 0) is 45.0 Å². The largest absolute Gasteiger partial charge is 0.370 e. The van der Waals surface area contributed by atoms with Crippen molar-refractivity contribution in [1.29, 1.82) is 0 Å². The highest BCUT2D eigenvalue weighted by molar-refractivity contribution is 5.98. The molecule has 0 heterocycles. The Labute approximate surface area is 129 Å². The average Bonchev–Trinajstić information content (AvgIpc) is 2.36. The van der Waals surface area contributed by atoms with E-state index in [2.05, 4.69) is 10.6 Å². The number of hydrogen-bond acceptors (Lipinski definition) is 4. The molecule has 3 amide bonds. The zero-order chi connectivity index (χ0) is 16.9. The third-order valence-electron chi connectivity index (χ3n) is 2.66. The molecule has 0 aliphatic heterocycles. The number of carbonyl (C=O) groups excluding carboxylic acids is 3. The van der Waals surface area contributed by atoms with Crippen molar-refractivity contribution in [1.82, 2.24) is 5.32 Å². The van der Waals surface area contributed by atoms with Gasteiger partial charge in [-0.25, -0.2) is 0 Å². The number of primary amides is 1. The highest BCUT2D eigenvalue weighted by Gasteiger charge is 2.17. The van der Waals surface area contributed by atoms with Crippen LogP contribution in [0.25, 0.3) is 0 Å². The zero-order valence-corrected chi connectivity index (χ0v) is 13.0. The Bertz CT molecular complexity index is 561. The van der Waals surface area contributed by atoms with Crippen LogP contribution in [0.3, 0.4) is 0 Å². The van der Waals surface area contributed by atoms with Crippen LogP contribution >= 0.6 is 0 Å². The summed E-state index contributed by atoms with van der Waals surface area (Å²) in [6, 6.07) is 5.37. The van der Waals surface area contributed by atoms with Gasteiger partial charge in [-0.15, -0.1) is 0 Å². The summed E-state index contributed by atoms with van der Waals surface area (Å²) in [5.41, 5.74) is 11.2. The predicted octanol–water partition coefficient (Wildman–Crippen LogP) is 0.356. The van der Waals surface area contributed by atoms with Gasteiger partial charge < -0.3 is 22.1 Å². The van der Waals surface area contributed by atoms with Crippen LogP contribution in [0, 0.1) is 0 Å². The van der Waals surface area contributed by atoms with Crippen LogP contribution in [0.1, 0.15) is 37.6 Å². The highest BCUT2D eigenvalue weighted by Crippen LogP contribution is 2.11. The minimum absolute atomic E-state index is 0.198. The molecule has 0 radical (unpaired) electrons. The Morgan fingerprint density at radius 1 is 1.14 bits per heavy atom. The van der Waals surface area contributed by atoms with E-state index in [-0.39, 0.29) is 17.9 Å². The summed E-state index contributed by atoms with van der Waals surface area (Å²) in [5.74, 6) is -1.35. The van der Waals surface area contributed by atoms with Crippen molar-refractivity contribution in [3.8, 4) is 0 Å². The molecule has 1 rings (SSSR count). The van der Waals surface area contributed by atoms with E-state index in [1.54, 1.807) is 24.3 Å². The quantitative estimate of drug-likeness (QED) is 0.626. The van der Waals surface area contributed by atoms with E-state index in [1.807, 2.05) is 20.8 Å². The second-order valence-electron chi connectivity index (χ2n) is 6.05. The number of rotatable bonds is 5. The van der Waals surface area contributed by atoms with Crippen LogP contribution in [-0.2, 0) is 9.59 Å². The normalized spacial score (nSPS) is 12.4. The zero-order valence-electron chi connectivity index (χ0n) is 13.0. The number of amides is 3. The molecule has 120 valence electrons. The Kier molecular flexibility index (Phi) is 5.64. The van der Waals surface area contributed by atoms with Crippen LogP contribution < -0.4 is 22.1 Å². The minimum atomic E-state index is -0.999. The van der Waals surface area contributed by atoms with Crippen molar-refractivity contribution in [2.75, 3.05) is 5.32 Å². The maximum absolute atomic E-state index is 12.0. The number of anilines is 1. The summed E-state index contributed by atoms with van der Waals surface area (Å²) in [6.07, 6.45) is -0.224. The molecule has 0 aliphatic carbocycles. The van der Waals surface area contributed by atoms with Gasteiger partial charge in [0.05, 0.1) is 12.5 Å². The van der Waals surface area contributed by atoms with Gasteiger partial charge in [0.1, 0.15) is 0 Å². The van der Waals surface area contributed by atoms with E-state index in [0.29, 0.717) is 11.3 Å². The molecule has 1 aromatic carbocycles. The van der Waals surface area contributed by atoms with Crippen molar-refractivity contribution in [3.63, 3.8) is 0 Å². The first kappa shape index (κ1) is 17.6. The third kappa shape index (κ3) is 5.92. The fourth-order valence-electron chi connectivity index (χ4n) is 1.66. The van der Waals surface area contributed by atoms with Crippen LogP contribution in [-0.4, -0.2) is 29.3 Å². The predicted molar refractivity (Wildman–Crippen MR) is 84.1 cm³/mol. The van der Waals surface area contributed by atoms with Crippen molar-refractivity contribution < 1.29 is 14.4 Å². The van der Waals surface area contributed by atoms with Crippen molar-refractivity contribution in [3.05, 3.63) is 29.8 Å². The summed E-state index contributed by atoms with van der Waals surface area (Å²) in [5, 5.41) is 5.40. The maximum atomic E-state index is 12.0. The molecular formula is C15H22N4O3. The van der Waals surface area contributed by atoms with Gasteiger partial charge in [0.25, 0.3) is 5.91 Å². The van der Waals surface area contributed by atoms with Gasteiger partial charge >= 0.3 is 0 Å². The van der Waals surface area contributed by atoms with Crippen molar-refractivity contribution in [2.24, 2.45) is 11.5 Å². The minimum Gasteiger partial charge on any atom is -0.370 e. The molecule has 0 saturated heterocycles. The second-order valence-corrected chi connectivity index (χ2v) is 6.05. The SMILES string of the molecule is CC(C)(C)NC(=O)c1ccc(NC(=O)C(N)CC(N)=O)cc1. The summed E-state index contributed by atoms with van der Waals surface area (Å²) < 4.78 is 0. The molecule has 7 nitrogen and oxygen atoms in total. The lowest BCUT2D eigenvalue weighted by Gasteiger charge is -2.20. The molecule has 1 aromatic rings. The lowest BCUT2D eigenvalue weighted by Crippen LogP contribution is -2.40. The fraction of sp³-hybridized carbons (Fsp3) is 0.400. The van der Waals surface area contributed by atoms with Gasteiger partial charge in [0.2, 0.25) is 11.8 Å². The number of benzene rings is 1. The van der Waals surface area contributed by atoms with Crippen molar-refractivity contribution >= 4 is 23.4 Å². The van der Waals surface area contributed by atoms with E-state index in [4.69, 9.17) is 11.5 Å². The van der Waals surface area contributed by atoms with Gasteiger partial charge in [-0.2, -0.15) is 0 Å². The molecule has 0 spiro atoms. The standard InChI is InChI=1S/C15H22N4O3/c1-15(2,3)19-13(21)9-4-6-10(7-5-9)18-14(22)11(16)8-12(17)20/h4-7,11H,8,16H2,1-3H3,(H2,17,20)(H,18,22)(H,19,21).